The lowest BCUT2D eigenvalue weighted by Crippen LogP contribution is -2.00. The Labute approximate surface area is 174 Å². The highest BCUT2D eigenvalue weighted by Gasteiger charge is 2.15. The molecule has 0 saturated heterocycles. The van der Waals surface area contributed by atoms with Gasteiger partial charge in [-0.25, -0.2) is 0 Å². The Bertz CT molecular complexity index is 1100. The number of unbranched alkanes of at least 4 members (excludes halogenated alkanes) is 1. The Morgan fingerprint density at radius 2 is 1.44 bits per heavy atom. The first-order valence-corrected chi connectivity index (χ1v) is 10.3. The first-order chi connectivity index (χ1) is 13.3. The van der Waals surface area contributed by atoms with Crippen LogP contribution in [0.3, 0.4) is 0 Å². The number of hydrogen-bond acceptors (Lipinski definition) is 0. The lowest BCUT2D eigenvalue weighted by atomic mass is 10.1. The summed E-state index contributed by atoms with van der Waals surface area (Å²) in [5, 5.41) is 1.32. The van der Waals surface area contributed by atoms with Crippen LogP contribution in [-0.4, -0.2) is 4.57 Å². The van der Waals surface area contributed by atoms with Gasteiger partial charge >= 0.3 is 0 Å². The van der Waals surface area contributed by atoms with Crippen LogP contribution in [-0.2, 0) is 6.54 Å². The predicted octanol–water partition coefficient (Wildman–Crippen LogP) is 6.74. The zero-order chi connectivity index (χ0) is 18.5. The molecule has 4 rings (SSSR count). The molecule has 27 heavy (non-hydrogen) atoms. The van der Waals surface area contributed by atoms with Crippen molar-refractivity contribution in [1.29, 1.82) is 0 Å². The summed E-state index contributed by atoms with van der Waals surface area (Å²) in [7, 11) is 0. The van der Waals surface area contributed by atoms with Gasteiger partial charge in [-0.2, -0.15) is 0 Å². The molecule has 3 aromatic carbocycles. The Kier molecular flexibility index (Phi) is 5.60. The molecule has 1 nitrogen and oxygen atoms in total. The molecule has 0 bridgehead atoms. The van der Waals surface area contributed by atoms with Crippen molar-refractivity contribution in [2.45, 2.75) is 19.4 Å². The Hall–Kier alpha value is -2.51. The quantitative estimate of drug-likeness (QED) is 0.180. The molecule has 0 spiro atoms. The smallest absolute Gasteiger partial charge is 0.0888 e. The largest absolute Gasteiger partial charge is 0.335 e. The summed E-state index contributed by atoms with van der Waals surface area (Å²) >= 11 is 2.49. The predicted molar refractivity (Wildman–Crippen MR) is 123 cm³/mol. The number of halogens is 1. The SMILES string of the molecule is Ic1c(-c2ccccc2)c2ccccc2n1CCCC#Cc1ccccc1. The molecule has 1 heterocycles. The van der Waals surface area contributed by atoms with E-state index in [9.17, 15) is 0 Å². The molecule has 2 heteroatoms. The van der Waals surface area contributed by atoms with E-state index in [2.05, 4.69) is 106 Å². The first kappa shape index (κ1) is 17.9. The second-order valence-corrected chi connectivity index (χ2v) is 7.49. The molecule has 0 atom stereocenters. The highest BCUT2D eigenvalue weighted by molar-refractivity contribution is 14.1. The summed E-state index contributed by atoms with van der Waals surface area (Å²) in [6.07, 6.45) is 1.95. The van der Waals surface area contributed by atoms with Crippen molar-refractivity contribution in [3.05, 3.63) is 94.2 Å². The van der Waals surface area contributed by atoms with Crippen LogP contribution < -0.4 is 0 Å². The average Bonchev–Trinajstić information content (AvgIpc) is 3.01. The number of aryl methyl sites for hydroxylation is 1. The van der Waals surface area contributed by atoms with Crippen molar-refractivity contribution in [1.82, 2.24) is 4.57 Å². The number of benzene rings is 3. The van der Waals surface area contributed by atoms with E-state index in [1.807, 2.05) is 18.2 Å². The Morgan fingerprint density at radius 3 is 2.22 bits per heavy atom. The Morgan fingerprint density at radius 1 is 0.778 bits per heavy atom. The van der Waals surface area contributed by atoms with Gasteiger partial charge in [0.25, 0.3) is 0 Å². The van der Waals surface area contributed by atoms with Gasteiger partial charge < -0.3 is 4.57 Å². The van der Waals surface area contributed by atoms with E-state index in [0.717, 1.165) is 24.9 Å². The summed E-state index contributed by atoms with van der Waals surface area (Å²) in [6, 6.07) is 29.6. The van der Waals surface area contributed by atoms with Crippen LogP contribution in [0.25, 0.3) is 22.0 Å². The third-order valence-corrected chi connectivity index (χ3v) is 5.78. The number of para-hydroxylation sites is 1. The molecule has 0 aliphatic heterocycles. The summed E-state index contributed by atoms with van der Waals surface area (Å²) in [5.41, 5.74) is 5.00. The van der Waals surface area contributed by atoms with E-state index in [-0.39, 0.29) is 0 Å². The molecule has 1 aromatic heterocycles. The number of nitrogens with zero attached hydrogens (tertiary/aromatic N) is 1. The van der Waals surface area contributed by atoms with Crippen LogP contribution in [0.2, 0.25) is 0 Å². The number of rotatable bonds is 4. The standard InChI is InChI=1S/C25H20IN/c26-25-24(21-15-7-2-8-16-21)22-17-9-10-18-23(22)27(25)19-11-3-6-14-20-12-4-1-5-13-20/h1-2,4-5,7-10,12-13,15-18H,3,11,19H2. The van der Waals surface area contributed by atoms with Crippen molar-refractivity contribution in [3.8, 4) is 23.0 Å². The highest BCUT2D eigenvalue weighted by Crippen LogP contribution is 2.35. The van der Waals surface area contributed by atoms with Crippen molar-refractivity contribution >= 4 is 33.5 Å². The third-order valence-electron chi connectivity index (χ3n) is 4.66. The van der Waals surface area contributed by atoms with E-state index >= 15 is 0 Å². The lowest BCUT2D eigenvalue weighted by Gasteiger charge is -2.06. The van der Waals surface area contributed by atoms with Crippen LogP contribution >= 0.6 is 22.6 Å². The van der Waals surface area contributed by atoms with Gasteiger partial charge in [-0.3, -0.25) is 0 Å². The maximum absolute atomic E-state index is 3.31. The molecule has 0 amide bonds. The van der Waals surface area contributed by atoms with E-state index in [1.54, 1.807) is 0 Å². The first-order valence-electron chi connectivity index (χ1n) is 9.20. The lowest BCUT2D eigenvalue weighted by molar-refractivity contribution is 0.665. The van der Waals surface area contributed by atoms with Gasteiger partial charge in [-0.15, -0.1) is 0 Å². The highest BCUT2D eigenvalue weighted by atomic mass is 127. The van der Waals surface area contributed by atoms with Crippen molar-refractivity contribution in [2.75, 3.05) is 0 Å². The van der Waals surface area contributed by atoms with Crippen molar-refractivity contribution in [3.63, 3.8) is 0 Å². The molecule has 4 aromatic rings. The van der Waals surface area contributed by atoms with Gasteiger partial charge in [0.05, 0.1) is 3.70 Å². The Balaban J connectivity index is 1.58. The van der Waals surface area contributed by atoms with E-state index < -0.39 is 0 Å². The molecule has 0 aliphatic rings. The van der Waals surface area contributed by atoms with Gasteiger partial charge in [0, 0.05) is 35.0 Å². The second-order valence-electron chi connectivity index (χ2n) is 6.47. The van der Waals surface area contributed by atoms with E-state index in [4.69, 9.17) is 0 Å². The monoisotopic (exact) mass is 461 g/mol. The van der Waals surface area contributed by atoms with Crippen LogP contribution in [0.1, 0.15) is 18.4 Å². The summed E-state index contributed by atoms with van der Waals surface area (Å²) < 4.78 is 3.73. The zero-order valence-electron chi connectivity index (χ0n) is 15.0. The molecule has 132 valence electrons. The number of hydrogen-bond donors (Lipinski definition) is 0. The maximum atomic E-state index is 3.31. The molecular formula is C25H20IN. The fourth-order valence-corrected chi connectivity index (χ4v) is 4.48. The minimum atomic E-state index is 0.901. The molecule has 0 fully saturated rings. The zero-order valence-corrected chi connectivity index (χ0v) is 17.2. The summed E-state index contributed by atoms with van der Waals surface area (Å²) in [5.74, 6) is 6.56. The molecular weight excluding hydrogens is 441 g/mol. The minimum absolute atomic E-state index is 0.901. The third kappa shape index (κ3) is 3.94. The topological polar surface area (TPSA) is 4.93 Å². The fourth-order valence-electron chi connectivity index (χ4n) is 3.38. The van der Waals surface area contributed by atoms with Gasteiger partial charge in [0.1, 0.15) is 0 Å². The molecule has 0 saturated carbocycles. The average molecular weight is 461 g/mol. The van der Waals surface area contributed by atoms with E-state index in [1.165, 1.54) is 25.7 Å². The van der Waals surface area contributed by atoms with Gasteiger partial charge in [0.2, 0.25) is 0 Å². The molecule has 0 N–H and O–H groups in total. The normalized spacial score (nSPS) is 10.6. The summed E-state index contributed by atoms with van der Waals surface area (Å²) in [4.78, 5) is 0. The van der Waals surface area contributed by atoms with Crippen LogP contribution in [0.4, 0.5) is 0 Å². The van der Waals surface area contributed by atoms with Crippen LogP contribution in [0.5, 0.6) is 0 Å². The van der Waals surface area contributed by atoms with Crippen molar-refractivity contribution < 1.29 is 0 Å². The van der Waals surface area contributed by atoms with Crippen LogP contribution in [0, 0.1) is 15.5 Å². The van der Waals surface area contributed by atoms with Gasteiger partial charge in [-0.1, -0.05) is 78.6 Å². The minimum Gasteiger partial charge on any atom is -0.335 e. The second kappa shape index (κ2) is 8.45. The molecule has 0 aliphatic carbocycles. The molecule has 0 radical (unpaired) electrons. The summed E-state index contributed by atoms with van der Waals surface area (Å²) in [6.45, 7) is 0.981. The van der Waals surface area contributed by atoms with E-state index in [0.29, 0.717) is 0 Å². The van der Waals surface area contributed by atoms with Crippen molar-refractivity contribution in [2.24, 2.45) is 0 Å². The fraction of sp³-hybridized carbons (Fsp3) is 0.120. The van der Waals surface area contributed by atoms with Crippen LogP contribution in [0.15, 0.2) is 84.9 Å². The number of fused-ring (bicyclic) bond motifs is 1. The number of aromatic nitrogens is 1. The van der Waals surface area contributed by atoms with Gasteiger partial charge in [0.15, 0.2) is 0 Å². The maximum Gasteiger partial charge on any atom is 0.0888 e. The van der Waals surface area contributed by atoms with Gasteiger partial charge in [-0.05, 0) is 52.8 Å². The molecule has 0 unspecified atom stereocenters.